The minimum absolute atomic E-state index is 0.0423. The van der Waals surface area contributed by atoms with E-state index < -0.39 is 0 Å². The third-order valence-corrected chi connectivity index (χ3v) is 3.68. The van der Waals surface area contributed by atoms with E-state index in [0.717, 1.165) is 24.2 Å². The topological polar surface area (TPSA) is 116 Å². The van der Waals surface area contributed by atoms with Crippen LogP contribution in [-0.4, -0.2) is 16.9 Å². The van der Waals surface area contributed by atoms with Crippen LogP contribution >= 0.6 is 11.3 Å². The summed E-state index contributed by atoms with van der Waals surface area (Å²) in [5.41, 5.74) is 5.16. The standard InChI is InChI=1S/C14H18N6OS/c1-9(21)17-14-19-12(8-22-14)7-4-10-2-5-11(6-3-10)18-13(15)20-16/h2-3,5-6,8H,4,7,16H2,1H3,(H3,15,18,20)(H,17,19,21). The normalized spacial score (nSPS) is 10.1. The number of guanidine groups is 1. The molecule has 0 aliphatic heterocycles. The Kier molecular flexibility index (Phi) is 5.45. The Morgan fingerprint density at radius 2 is 2.00 bits per heavy atom. The molecule has 0 radical (unpaired) electrons. The number of nitrogens with zero attached hydrogens (tertiary/aromatic N) is 1. The monoisotopic (exact) mass is 318 g/mol. The van der Waals surface area contributed by atoms with Crippen molar-refractivity contribution in [1.29, 1.82) is 5.41 Å². The number of benzene rings is 1. The Morgan fingerprint density at radius 1 is 1.27 bits per heavy atom. The third kappa shape index (κ3) is 4.83. The summed E-state index contributed by atoms with van der Waals surface area (Å²) in [6.45, 7) is 1.47. The van der Waals surface area contributed by atoms with Gasteiger partial charge in [0.05, 0.1) is 5.69 Å². The van der Waals surface area contributed by atoms with Crippen molar-refractivity contribution in [2.45, 2.75) is 19.8 Å². The highest BCUT2D eigenvalue weighted by Crippen LogP contribution is 2.17. The molecule has 1 aromatic heterocycles. The summed E-state index contributed by atoms with van der Waals surface area (Å²) in [5, 5.41) is 15.5. The number of anilines is 2. The van der Waals surface area contributed by atoms with Crippen molar-refractivity contribution >= 4 is 34.0 Å². The summed E-state index contributed by atoms with van der Waals surface area (Å²) >= 11 is 1.43. The van der Waals surface area contributed by atoms with Crippen molar-refractivity contribution < 1.29 is 4.79 Å². The van der Waals surface area contributed by atoms with Gasteiger partial charge in [-0.15, -0.1) is 11.3 Å². The molecule has 0 atom stereocenters. The number of rotatable bonds is 5. The first-order valence-electron chi connectivity index (χ1n) is 6.70. The third-order valence-electron chi connectivity index (χ3n) is 2.87. The molecule has 0 saturated heterocycles. The number of hydrazine groups is 1. The Balaban J connectivity index is 1.87. The predicted molar refractivity (Wildman–Crippen MR) is 88.9 cm³/mol. The Morgan fingerprint density at radius 3 is 2.64 bits per heavy atom. The van der Waals surface area contributed by atoms with Crippen LogP contribution in [0.2, 0.25) is 0 Å². The van der Waals surface area contributed by atoms with Crippen molar-refractivity contribution in [2.75, 3.05) is 10.6 Å². The number of hydrogen-bond acceptors (Lipinski definition) is 5. The number of hydrogen-bond donors (Lipinski definition) is 5. The molecule has 0 saturated carbocycles. The van der Waals surface area contributed by atoms with Crippen LogP contribution < -0.4 is 21.9 Å². The van der Waals surface area contributed by atoms with Crippen LogP contribution in [0.1, 0.15) is 18.2 Å². The average Bonchev–Trinajstić information content (AvgIpc) is 2.93. The number of aryl methyl sites for hydroxylation is 2. The van der Waals surface area contributed by atoms with E-state index in [2.05, 4.69) is 21.0 Å². The second kappa shape index (κ2) is 7.53. The Labute approximate surface area is 132 Å². The minimum Gasteiger partial charge on any atom is -0.325 e. The largest absolute Gasteiger partial charge is 0.325 e. The van der Waals surface area contributed by atoms with Gasteiger partial charge in [0.2, 0.25) is 11.9 Å². The van der Waals surface area contributed by atoms with Crippen LogP contribution in [0.15, 0.2) is 29.6 Å². The summed E-state index contributed by atoms with van der Waals surface area (Å²) in [6, 6.07) is 7.77. The first-order chi connectivity index (χ1) is 10.6. The molecule has 2 aromatic rings. The summed E-state index contributed by atoms with van der Waals surface area (Å²) in [7, 11) is 0. The molecular formula is C14H18N6OS. The molecule has 1 aromatic carbocycles. The number of carbonyl (C=O) groups excluding carboxylic acids is 1. The van der Waals surface area contributed by atoms with E-state index in [1.165, 1.54) is 23.8 Å². The van der Waals surface area contributed by atoms with Crippen molar-refractivity contribution in [3.63, 3.8) is 0 Å². The molecule has 0 aliphatic carbocycles. The van der Waals surface area contributed by atoms with Crippen LogP contribution in [0.5, 0.6) is 0 Å². The smallest absolute Gasteiger partial charge is 0.223 e. The SMILES string of the molecule is CC(=O)Nc1nc(CCc2ccc(NC(=N)NN)cc2)cs1. The van der Waals surface area contributed by atoms with Gasteiger partial charge in [0.1, 0.15) is 0 Å². The first-order valence-corrected chi connectivity index (χ1v) is 7.58. The van der Waals surface area contributed by atoms with Gasteiger partial charge >= 0.3 is 0 Å². The number of aromatic nitrogens is 1. The number of carbonyl (C=O) groups is 1. The zero-order chi connectivity index (χ0) is 15.9. The van der Waals surface area contributed by atoms with E-state index in [-0.39, 0.29) is 11.9 Å². The number of nitrogens with two attached hydrogens (primary N) is 1. The van der Waals surface area contributed by atoms with E-state index in [1.807, 2.05) is 29.6 Å². The van der Waals surface area contributed by atoms with Crippen LogP contribution in [0.4, 0.5) is 10.8 Å². The van der Waals surface area contributed by atoms with Gasteiger partial charge in [-0.05, 0) is 30.5 Å². The molecule has 1 amide bonds. The zero-order valence-corrected chi connectivity index (χ0v) is 13.0. The number of nitrogens with one attached hydrogen (secondary N) is 4. The molecule has 0 unspecified atom stereocenters. The van der Waals surface area contributed by atoms with Gasteiger partial charge in [-0.2, -0.15) is 0 Å². The van der Waals surface area contributed by atoms with Crippen molar-refractivity contribution in [3.05, 3.63) is 40.9 Å². The van der Waals surface area contributed by atoms with Gasteiger partial charge in [0.25, 0.3) is 0 Å². The molecule has 2 rings (SSSR count). The average molecular weight is 318 g/mol. The lowest BCUT2D eigenvalue weighted by molar-refractivity contribution is -0.114. The zero-order valence-electron chi connectivity index (χ0n) is 12.1. The highest BCUT2D eigenvalue weighted by molar-refractivity contribution is 7.13. The van der Waals surface area contributed by atoms with Crippen LogP contribution in [0.3, 0.4) is 0 Å². The second-order valence-electron chi connectivity index (χ2n) is 4.67. The quantitative estimate of drug-likeness (QED) is 0.249. The maximum absolute atomic E-state index is 11.0. The number of thiazole rings is 1. The molecule has 0 bridgehead atoms. The maximum Gasteiger partial charge on any atom is 0.223 e. The summed E-state index contributed by atoms with van der Waals surface area (Å²) < 4.78 is 0. The van der Waals surface area contributed by atoms with Gasteiger partial charge in [-0.1, -0.05) is 12.1 Å². The van der Waals surface area contributed by atoms with Crippen LogP contribution in [0.25, 0.3) is 0 Å². The van der Waals surface area contributed by atoms with Crippen molar-refractivity contribution in [1.82, 2.24) is 10.4 Å². The lowest BCUT2D eigenvalue weighted by Gasteiger charge is -2.07. The summed E-state index contributed by atoms with van der Waals surface area (Å²) in [4.78, 5) is 15.3. The Bertz CT molecular complexity index is 652. The molecule has 22 heavy (non-hydrogen) atoms. The van der Waals surface area contributed by atoms with E-state index in [0.29, 0.717) is 5.13 Å². The molecule has 8 heteroatoms. The van der Waals surface area contributed by atoms with E-state index in [9.17, 15) is 4.79 Å². The minimum atomic E-state index is -0.110. The molecular weight excluding hydrogens is 300 g/mol. The number of amides is 1. The lowest BCUT2D eigenvalue weighted by Crippen LogP contribution is -2.35. The molecule has 7 nitrogen and oxygen atoms in total. The molecule has 116 valence electrons. The predicted octanol–water partition coefficient (Wildman–Crippen LogP) is 1.70. The molecule has 0 fully saturated rings. The maximum atomic E-state index is 11.0. The van der Waals surface area contributed by atoms with Gasteiger partial charge in [-0.25, -0.2) is 10.8 Å². The lowest BCUT2D eigenvalue weighted by atomic mass is 10.1. The Hall–Kier alpha value is -2.45. The fourth-order valence-electron chi connectivity index (χ4n) is 1.84. The summed E-state index contributed by atoms with van der Waals surface area (Å²) in [5.74, 6) is 5.06. The van der Waals surface area contributed by atoms with Crippen molar-refractivity contribution in [2.24, 2.45) is 5.84 Å². The summed E-state index contributed by atoms with van der Waals surface area (Å²) in [6.07, 6.45) is 1.67. The highest BCUT2D eigenvalue weighted by atomic mass is 32.1. The van der Waals surface area contributed by atoms with E-state index >= 15 is 0 Å². The van der Waals surface area contributed by atoms with Crippen molar-refractivity contribution in [3.8, 4) is 0 Å². The fourth-order valence-corrected chi connectivity index (χ4v) is 2.63. The van der Waals surface area contributed by atoms with E-state index in [1.54, 1.807) is 0 Å². The first kappa shape index (κ1) is 15.9. The molecule has 0 aliphatic rings. The second-order valence-corrected chi connectivity index (χ2v) is 5.52. The van der Waals surface area contributed by atoms with Gasteiger partial charge in [0, 0.05) is 18.0 Å². The van der Waals surface area contributed by atoms with Gasteiger partial charge in [-0.3, -0.25) is 15.6 Å². The van der Waals surface area contributed by atoms with E-state index in [4.69, 9.17) is 11.3 Å². The van der Waals surface area contributed by atoms with Gasteiger partial charge < -0.3 is 10.6 Å². The molecule has 6 N–H and O–H groups in total. The fraction of sp³-hybridized carbons (Fsp3) is 0.214. The molecule has 0 spiro atoms. The molecule has 1 heterocycles. The van der Waals surface area contributed by atoms with Gasteiger partial charge in [0.15, 0.2) is 5.13 Å². The van der Waals surface area contributed by atoms with Crippen LogP contribution in [-0.2, 0) is 17.6 Å². The van der Waals surface area contributed by atoms with Crippen LogP contribution in [0, 0.1) is 5.41 Å². The highest BCUT2D eigenvalue weighted by Gasteiger charge is 2.04.